The van der Waals surface area contributed by atoms with Crippen LogP contribution in [0.25, 0.3) is 0 Å². The smallest absolute Gasteiger partial charge is 0.407 e. The van der Waals surface area contributed by atoms with Crippen molar-refractivity contribution < 1.29 is 14.3 Å². The lowest BCUT2D eigenvalue weighted by Crippen LogP contribution is -2.36. The highest BCUT2D eigenvalue weighted by molar-refractivity contribution is 7.09. The largest absolute Gasteiger partial charge is 0.450 e. The lowest BCUT2D eigenvalue weighted by atomic mass is 10.4. The number of ether oxygens (including phenoxy) is 1. The molecule has 5 nitrogen and oxygen atoms in total. The first-order chi connectivity index (χ1) is 7.72. The maximum Gasteiger partial charge on any atom is 0.407 e. The van der Waals surface area contributed by atoms with Gasteiger partial charge in [-0.15, -0.1) is 11.3 Å². The van der Waals surface area contributed by atoms with Gasteiger partial charge in [0.15, 0.2) is 0 Å². The summed E-state index contributed by atoms with van der Waals surface area (Å²) in [4.78, 5) is 23.2. The SMILES string of the molecule is CCOC(=O)NCC(=O)NCc1cccs1. The molecule has 0 saturated heterocycles. The predicted molar refractivity (Wildman–Crippen MR) is 61.2 cm³/mol. The third kappa shape index (κ3) is 4.79. The zero-order valence-corrected chi connectivity index (χ0v) is 9.80. The lowest BCUT2D eigenvalue weighted by molar-refractivity contribution is -0.120. The number of alkyl carbamates (subject to hydrolysis) is 1. The van der Waals surface area contributed by atoms with E-state index in [1.807, 2.05) is 17.5 Å². The number of rotatable bonds is 5. The summed E-state index contributed by atoms with van der Waals surface area (Å²) in [6.07, 6.45) is -0.575. The first kappa shape index (κ1) is 12.5. The summed E-state index contributed by atoms with van der Waals surface area (Å²) in [6, 6.07) is 3.85. The van der Waals surface area contributed by atoms with E-state index in [0.29, 0.717) is 13.2 Å². The summed E-state index contributed by atoms with van der Waals surface area (Å²) in [7, 11) is 0. The van der Waals surface area contributed by atoms with Gasteiger partial charge in [-0.25, -0.2) is 4.79 Å². The van der Waals surface area contributed by atoms with Gasteiger partial charge < -0.3 is 15.4 Å². The van der Waals surface area contributed by atoms with Gasteiger partial charge >= 0.3 is 6.09 Å². The molecule has 88 valence electrons. The zero-order chi connectivity index (χ0) is 11.8. The molecule has 0 aliphatic heterocycles. The average Bonchev–Trinajstić information content (AvgIpc) is 2.77. The fourth-order valence-electron chi connectivity index (χ4n) is 0.996. The molecule has 0 aliphatic carbocycles. The molecule has 1 aromatic rings. The molecule has 0 bridgehead atoms. The first-order valence-corrected chi connectivity index (χ1v) is 5.80. The molecule has 0 fully saturated rings. The Morgan fingerprint density at radius 1 is 1.44 bits per heavy atom. The Hall–Kier alpha value is -1.56. The molecule has 0 atom stereocenters. The molecule has 6 heteroatoms. The van der Waals surface area contributed by atoms with E-state index < -0.39 is 6.09 Å². The van der Waals surface area contributed by atoms with Gasteiger partial charge in [0.25, 0.3) is 0 Å². The monoisotopic (exact) mass is 242 g/mol. The molecule has 0 radical (unpaired) electrons. The third-order valence-corrected chi connectivity index (χ3v) is 2.58. The molecule has 0 aliphatic rings. The fourth-order valence-corrected chi connectivity index (χ4v) is 1.64. The van der Waals surface area contributed by atoms with Crippen LogP contribution in [-0.2, 0) is 16.1 Å². The quantitative estimate of drug-likeness (QED) is 0.812. The Balaban J connectivity index is 2.14. The van der Waals surface area contributed by atoms with Crippen molar-refractivity contribution in [3.05, 3.63) is 22.4 Å². The van der Waals surface area contributed by atoms with Crippen LogP contribution in [0.1, 0.15) is 11.8 Å². The van der Waals surface area contributed by atoms with E-state index >= 15 is 0 Å². The number of nitrogens with one attached hydrogen (secondary N) is 2. The van der Waals surface area contributed by atoms with E-state index in [-0.39, 0.29) is 12.5 Å². The number of thiophene rings is 1. The molecular weight excluding hydrogens is 228 g/mol. The highest BCUT2D eigenvalue weighted by Crippen LogP contribution is 2.06. The predicted octanol–water partition coefficient (Wildman–Crippen LogP) is 1.11. The van der Waals surface area contributed by atoms with Crippen LogP contribution in [0.15, 0.2) is 17.5 Å². The number of amides is 2. The molecule has 1 rings (SSSR count). The van der Waals surface area contributed by atoms with Crippen molar-refractivity contribution in [1.82, 2.24) is 10.6 Å². The Morgan fingerprint density at radius 3 is 2.88 bits per heavy atom. The van der Waals surface area contributed by atoms with Crippen molar-refractivity contribution in [2.75, 3.05) is 13.2 Å². The van der Waals surface area contributed by atoms with Gasteiger partial charge in [-0.3, -0.25) is 4.79 Å². The van der Waals surface area contributed by atoms with E-state index in [9.17, 15) is 9.59 Å². The Bertz CT molecular complexity index is 338. The minimum absolute atomic E-state index is 0.0653. The normalized spacial score (nSPS) is 9.56. The van der Waals surface area contributed by atoms with Gasteiger partial charge in [-0.2, -0.15) is 0 Å². The van der Waals surface area contributed by atoms with Gasteiger partial charge in [-0.05, 0) is 18.4 Å². The molecule has 2 N–H and O–H groups in total. The number of carbonyl (C=O) groups excluding carboxylic acids is 2. The molecule has 0 aromatic carbocycles. The lowest BCUT2D eigenvalue weighted by Gasteiger charge is -2.05. The van der Waals surface area contributed by atoms with Crippen LogP contribution >= 0.6 is 11.3 Å². The Morgan fingerprint density at radius 2 is 2.25 bits per heavy atom. The minimum atomic E-state index is -0.575. The van der Waals surface area contributed by atoms with Crippen LogP contribution in [0, 0.1) is 0 Å². The highest BCUT2D eigenvalue weighted by Gasteiger charge is 2.05. The summed E-state index contributed by atoms with van der Waals surface area (Å²) in [5.41, 5.74) is 0. The number of hydrogen-bond donors (Lipinski definition) is 2. The second kappa shape index (κ2) is 6.84. The van der Waals surface area contributed by atoms with Crippen LogP contribution in [-0.4, -0.2) is 25.2 Å². The van der Waals surface area contributed by atoms with Crippen LogP contribution in [0.4, 0.5) is 4.79 Å². The standard InChI is InChI=1S/C10H14N2O3S/c1-2-15-10(14)12-7-9(13)11-6-8-4-3-5-16-8/h3-5H,2,6-7H2,1H3,(H,11,13)(H,12,14). The highest BCUT2D eigenvalue weighted by atomic mass is 32.1. The Labute approximate surface area is 97.8 Å². The first-order valence-electron chi connectivity index (χ1n) is 4.92. The van der Waals surface area contributed by atoms with Gasteiger partial charge in [0.2, 0.25) is 5.91 Å². The summed E-state index contributed by atoms with van der Waals surface area (Å²) in [5, 5.41) is 6.97. The second-order valence-electron chi connectivity index (χ2n) is 2.93. The average molecular weight is 242 g/mol. The molecule has 1 heterocycles. The molecule has 2 amide bonds. The van der Waals surface area contributed by atoms with Crippen molar-refractivity contribution in [1.29, 1.82) is 0 Å². The maximum atomic E-state index is 11.3. The van der Waals surface area contributed by atoms with Crippen molar-refractivity contribution >= 4 is 23.3 Å². The molecule has 0 saturated carbocycles. The van der Waals surface area contributed by atoms with Gasteiger partial charge in [0.05, 0.1) is 13.2 Å². The third-order valence-electron chi connectivity index (χ3n) is 1.71. The molecule has 16 heavy (non-hydrogen) atoms. The summed E-state index contributed by atoms with van der Waals surface area (Å²) < 4.78 is 4.61. The maximum absolute atomic E-state index is 11.3. The van der Waals surface area contributed by atoms with Crippen LogP contribution in [0.5, 0.6) is 0 Å². The zero-order valence-electron chi connectivity index (χ0n) is 8.99. The molecule has 0 spiro atoms. The van der Waals surface area contributed by atoms with E-state index in [2.05, 4.69) is 15.4 Å². The summed E-state index contributed by atoms with van der Waals surface area (Å²) in [6.45, 7) is 2.42. The van der Waals surface area contributed by atoms with Crippen molar-refractivity contribution in [2.24, 2.45) is 0 Å². The van der Waals surface area contributed by atoms with Crippen molar-refractivity contribution in [3.63, 3.8) is 0 Å². The number of hydrogen-bond acceptors (Lipinski definition) is 4. The summed E-state index contributed by atoms with van der Waals surface area (Å²) >= 11 is 1.57. The number of carbonyl (C=O) groups is 2. The summed E-state index contributed by atoms with van der Waals surface area (Å²) in [5.74, 6) is -0.235. The van der Waals surface area contributed by atoms with Crippen LogP contribution in [0.3, 0.4) is 0 Å². The van der Waals surface area contributed by atoms with E-state index in [1.165, 1.54) is 0 Å². The van der Waals surface area contributed by atoms with Crippen molar-refractivity contribution in [2.45, 2.75) is 13.5 Å². The second-order valence-corrected chi connectivity index (χ2v) is 3.96. The molecule has 1 aromatic heterocycles. The molecule has 0 unspecified atom stereocenters. The van der Waals surface area contributed by atoms with E-state index in [0.717, 1.165) is 4.88 Å². The van der Waals surface area contributed by atoms with Gasteiger partial charge in [0.1, 0.15) is 6.54 Å². The topological polar surface area (TPSA) is 67.4 Å². The van der Waals surface area contributed by atoms with E-state index in [4.69, 9.17) is 0 Å². The van der Waals surface area contributed by atoms with Crippen LogP contribution < -0.4 is 10.6 Å². The van der Waals surface area contributed by atoms with Crippen molar-refractivity contribution in [3.8, 4) is 0 Å². The Kier molecular flexibility index (Phi) is 5.35. The van der Waals surface area contributed by atoms with E-state index in [1.54, 1.807) is 18.3 Å². The fraction of sp³-hybridized carbons (Fsp3) is 0.400. The van der Waals surface area contributed by atoms with Gasteiger partial charge in [-0.1, -0.05) is 6.07 Å². The van der Waals surface area contributed by atoms with Gasteiger partial charge in [0, 0.05) is 4.88 Å². The van der Waals surface area contributed by atoms with Crippen LogP contribution in [0.2, 0.25) is 0 Å². The molecular formula is C10H14N2O3S. The minimum Gasteiger partial charge on any atom is -0.450 e.